The van der Waals surface area contributed by atoms with E-state index in [0.717, 1.165) is 19.5 Å². The van der Waals surface area contributed by atoms with E-state index < -0.39 is 0 Å². The number of rotatable bonds is 3. The van der Waals surface area contributed by atoms with E-state index in [9.17, 15) is 0 Å². The van der Waals surface area contributed by atoms with Gasteiger partial charge in [0.2, 0.25) is 0 Å². The van der Waals surface area contributed by atoms with Crippen molar-refractivity contribution in [3.63, 3.8) is 0 Å². The predicted molar refractivity (Wildman–Crippen MR) is 90.9 cm³/mol. The molecule has 0 aliphatic carbocycles. The molecule has 2 nitrogen and oxygen atoms in total. The van der Waals surface area contributed by atoms with Crippen LogP contribution in [0, 0.1) is 20.8 Å². The lowest BCUT2D eigenvalue weighted by atomic mass is 9.92. The molecular formula is C18H24N2S. The highest BCUT2D eigenvalue weighted by atomic mass is 32.1. The standard InChI is InChI=1S/C18H24N2S/c1-12-8-13(2)18(14(3)9-12)16(10-19)20-6-4-17-15(11-20)5-7-21-17/h5,7-9,16H,4,6,10-11,19H2,1-3H3. The fraction of sp³-hybridized carbons (Fsp3) is 0.444. The van der Waals surface area contributed by atoms with Gasteiger partial charge in [0.15, 0.2) is 0 Å². The summed E-state index contributed by atoms with van der Waals surface area (Å²) in [6.45, 7) is 9.44. The Morgan fingerprint density at radius 1 is 1.24 bits per heavy atom. The summed E-state index contributed by atoms with van der Waals surface area (Å²) < 4.78 is 0. The zero-order valence-corrected chi connectivity index (χ0v) is 14.0. The van der Waals surface area contributed by atoms with Crippen LogP contribution in [0.4, 0.5) is 0 Å². The molecule has 112 valence electrons. The molecule has 2 N–H and O–H groups in total. The monoisotopic (exact) mass is 300 g/mol. The van der Waals surface area contributed by atoms with Crippen molar-refractivity contribution < 1.29 is 0 Å². The van der Waals surface area contributed by atoms with Gasteiger partial charge in [0, 0.05) is 30.6 Å². The van der Waals surface area contributed by atoms with E-state index in [2.05, 4.69) is 49.3 Å². The number of fused-ring (bicyclic) bond motifs is 1. The molecule has 0 radical (unpaired) electrons. The summed E-state index contributed by atoms with van der Waals surface area (Å²) >= 11 is 1.89. The van der Waals surface area contributed by atoms with Crippen molar-refractivity contribution in [3.8, 4) is 0 Å². The molecule has 1 aliphatic rings. The Hall–Kier alpha value is -1.16. The molecule has 2 aromatic rings. The normalized spacial score (nSPS) is 16.8. The number of nitrogens with two attached hydrogens (primary N) is 1. The summed E-state index contributed by atoms with van der Waals surface area (Å²) in [4.78, 5) is 4.11. The molecule has 3 rings (SSSR count). The van der Waals surface area contributed by atoms with Gasteiger partial charge in [0.05, 0.1) is 0 Å². The third-order valence-corrected chi connectivity index (χ3v) is 5.60. The maximum atomic E-state index is 6.17. The van der Waals surface area contributed by atoms with Crippen LogP contribution in [-0.2, 0) is 13.0 Å². The van der Waals surface area contributed by atoms with Gasteiger partial charge in [0.25, 0.3) is 0 Å². The fourth-order valence-corrected chi connectivity index (χ4v) is 4.59. The van der Waals surface area contributed by atoms with E-state index >= 15 is 0 Å². The molecule has 1 aliphatic heterocycles. The third kappa shape index (κ3) is 2.78. The van der Waals surface area contributed by atoms with Crippen molar-refractivity contribution in [1.82, 2.24) is 4.90 Å². The molecule has 0 bridgehead atoms. The first kappa shape index (κ1) is 14.8. The van der Waals surface area contributed by atoms with Gasteiger partial charge < -0.3 is 5.73 Å². The lowest BCUT2D eigenvalue weighted by Gasteiger charge is -2.35. The molecule has 1 aromatic carbocycles. The molecule has 1 aromatic heterocycles. The zero-order chi connectivity index (χ0) is 15.0. The van der Waals surface area contributed by atoms with Gasteiger partial charge in [0.1, 0.15) is 0 Å². The molecule has 0 spiro atoms. The van der Waals surface area contributed by atoms with E-state index in [0.29, 0.717) is 12.6 Å². The summed E-state index contributed by atoms with van der Waals surface area (Å²) in [5.74, 6) is 0. The quantitative estimate of drug-likeness (QED) is 0.936. The van der Waals surface area contributed by atoms with Crippen molar-refractivity contribution in [1.29, 1.82) is 0 Å². The van der Waals surface area contributed by atoms with Crippen LogP contribution < -0.4 is 5.73 Å². The molecule has 1 atom stereocenters. The van der Waals surface area contributed by atoms with Gasteiger partial charge in [-0.1, -0.05) is 17.7 Å². The summed E-state index contributed by atoms with van der Waals surface area (Å²) in [6, 6.07) is 7.17. The van der Waals surface area contributed by atoms with Gasteiger partial charge in [-0.05, 0) is 60.9 Å². The molecule has 21 heavy (non-hydrogen) atoms. The first-order valence-electron chi connectivity index (χ1n) is 7.67. The highest BCUT2D eigenvalue weighted by Gasteiger charge is 2.26. The molecule has 2 heterocycles. The largest absolute Gasteiger partial charge is 0.329 e. The summed E-state index contributed by atoms with van der Waals surface area (Å²) in [6.07, 6.45) is 1.16. The topological polar surface area (TPSA) is 29.3 Å². The summed E-state index contributed by atoms with van der Waals surface area (Å²) in [7, 11) is 0. The van der Waals surface area contributed by atoms with Gasteiger partial charge in [-0.3, -0.25) is 4.90 Å². The molecule has 1 unspecified atom stereocenters. The Morgan fingerprint density at radius 3 is 2.62 bits per heavy atom. The Balaban J connectivity index is 1.93. The van der Waals surface area contributed by atoms with Crippen molar-refractivity contribution in [3.05, 3.63) is 56.3 Å². The van der Waals surface area contributed by atoms with E-state index in [1.54, 1.807) is 4.88 Å². The minimum atomic E-state index is 0.332. The van der Waals surface area contributed by atoms with Crippen LogP contribution in [0.5, 0.6) is 0 Å². The van der Waals surface area contributed by atoms with Crippen LogP contribution in [0.2, 0.25) is 0 Å². The zero-order valence-electron chi connectivity index (χ0n) is 13.1. The van der Waals surface area contributed by atoms with Crippen LogP contribution in [0.15, 0.2) is 23.6 Å². The highest BCUT2D eigenvalue weighted by Crippen LogP contribution is 2.33. The van der Waals surface area contributed by atoms with Gasteiger partial charge in [-0.25, -0.2) is 0 Å². The Bertz CT molecular complexity index is 621. The lowest BCUT2D eigenvalue weighted by Crippen LogP contribution is -2.38. The van der Waals surface area contributed by atoms with Crippen LogP contribution in [-0.4, -0.2) is 18.0 Å². The highest BCUT2D eigenvalue weighted by molar-refractivity contribution is 7.10. The molecular weight excluding hydrogens is 276 g/mol. The van der Waals surface area contributed by atoms with Gasteiger partial charge in [-0.15, -0.1) is 11.3 Å². The first-order chi connectivity index (χ1) is 10.1. The second-order valence-corrected chi connectivity index (χ2v) is 7.15. The lowest BCUT2D eigenvalue weighted by molar-refractivity contribution is 0.184. The number of thiophene rings is 1. The second kappa shape index (κ2) is 5.91. The second-order valence-electron chi connectivity index (χ2n) is 6.15. The van der Waals surface area contributed by atoms with Crippen LogP contribution in [0.25, 0.3) is 0 Å². The fourth-order valence-electron chi connectivity index (χ4n) is 3.70. The summed E-state index contributed by atoms with van der Waals surface area (Å²) in [5, 5.41) is 2.22. The van der Waals surface area contributed by atoms with E-state index in [4.69, 9.17) is 5.73 Å². The van der Waals surface area contributed by atoms with E-state index in [1.807, 2.05) is 11.3 Å². The van der Waals surface area contributed by atoms with Crippen LogP contribution in [0.3, 0.4) is 0 Å². The minimum Gasteiger partial charge on any atom is -0.329 e. The van der Waals surface area contributed by atoms with Crippen LogP contribution in [0.1, 0.15) is 38.7 Å². The maximum absolute atomic E-state index is 6.17. The molecule has 0 saturated heterocycles. The average molecular weight is 300 g/mol. The van der Waals surface area contributed by atoms with E-state index in [-0.39, 0.29) is 0 Å². The number of benzene rings is 1. The molecule has 0 amide bonds. The number of aryl methyl sites for hydroxylation is 3. The third-order valence-electron chi connectivity index (χ3n) is 4.57. The average Bonchev–Trinajstić information content (AvgIpc) is 2.89. The molecule has 3 heteroatoms. The maximum Gasteiger partial charge on any atom is 0.0479 e. The van der Waals surface area contributed by atoms with Crippen molar-refractivity contribution in [2.24, 2.45) is 5.73 Å². The minimum absolute atomic E-state index is 0.332. The smallest absolute Gasteiger partial charge is 0.0479 e. The molecule has 0 fully saturated rings. The van der Waals surface area contributed by atoms with Crippen molar-refractivity contribution >= 4 is 11.3 Å². The Labute approximate surface area is 131 Å². The van der Waals surface area contributed by atoms with Crippen molar-refractivity contribution in [2.45, 2.75) is 39.8 Å². The van der Waals surface area contributed by atoms with Crippen LogP contribution >= 0.6 is 11.3 Å². The molecule has 0 saturated carbocycles. The Kier molecular flexibility index (Phi) is 4.16. The number of hydrogen-bond donors (Lipinski definition) is 1. The number of nitrogens with zero attached hydrogens (tertiary/aromatic N) is 1. The van der Waals surface area contributed by atoms with Gasteiger partial charge >= 0.3 is 0 Å². The summed E-state index contributed by atoms with van der Waals surface area (Å²) in [5.41, 5.74) is 13.2. The van der Waals surface area contributed by atoms with E-state index in [1.165, 1.54) is 27.8 Å². The van der Waals surface area contributed by atoms with Gasteiger partial charge in [-0.2, -0.15) is 0 Å². The number of hydrogen-bond acceptors (Lipinski definition) is 3. The predicted octanol–water partition coefficient (Wildman–Crippen LogP) is 3.73. The SMILES string of the molecule is Cc1cc(C)c(C(CN)N2CCc3sccc3C2)c(C)c1. The Morgan fingerprint density at radius 2 is 1.95 bits per heavy atom. The first-order valence-corrected chi connectivity index (χ1v) is 8.55. The van der Waals surface area contributed by atoms with Crippen molar-refractivity contribution in [2.75, 3.05) is 13.1 Å².